The first-order valence-corrected chi connectivity index (χ1v) is 11.5. The van der Waals surface area contributed by atoms with Gasteiger partial charge < -0.3 is 10.1 Å². The Labute approximate surface area is 198 Å². The Morgan fingerprint density at radius 2 is 1.87 bits per heavy atom. The molecule has 0 saturated heterocycles. The zero-order valence-corrected chi connectivity index (χ0v) is 19.8. The number of amides is 2. The van der Waals surface area contributed by atoms with Gasteiger partial charge in [-0.25, -0.2) is 4.79 Å². The van der Waals surface area contributed by atoms with Crippen molar-refractivity contribution in [2.45, 2.75) is 4.34 Å². The van der Waals surface area contributed by atoms with Crippen LogP contribution in [0.3, 0.4) is 0 Å². The van der Waals surface area contributed by atoms with Crippen LogP contribution in [0.15, 0.2) is 51.3 Å². The summed E-state index contributed by atoms with van der Waals surface area (Å²) in [4.78, 5) is 35.9. The van der Waals surface area contributed by atoms with Crippen molar-refractivity contribution >= 4 is 79.2 Å². The minimum atomic E-state index is -0.449. The van der Waals surface area contributed by atoms with Crippen LogP contribution in [0.1, 0.15) is 20.7 Å². The third-order valence-electron chi connectivity index (χ3n) is 3.72. The Bertz CT molecular complexity index is 1120. The number of esters is 1. The van der Waals surface area contributed by atoms with Gasteiger partial charge in [-0.2, -0.15) is 0 Å². The number of methoxy groups -OCH3 is 1. The lowest BCUT2D eigenvalue weighted by molar-refractivity contribution is -0.113. The summed E-state index contributed by atoms with van der Waals surface area (Å²) in [6.45, 7) is 0. The van der Waals surface area contributed by atoms with Gasteiger partial charge >= 0.3 is 5.97 Å². The number of rotatable bonds is 7. The van der Waals surface area contributed by atoms with E-state index in [2.05, 4.69) is 41.5 Å². The Kier molecular flexibility index (Phi) is 8.02. The van der Waals surface area contributed by atoms with Crippen molar-refractivity contribution in [3.63, 3.8) is 0 Å². The molecule has 3 rings (SSSR count). The first-order chi connectivity index (χ1) is 14.9. The standard InChI is InChI=1S/C19H14BrClN4O4S2/c1-29-17(28)10-2-5-12(6-3-10)22-15(26)9-30-19-25-24-18(31-19)23-16(27)13-8-11(20)4-7-14(13)21/h2-8H,9H2,1H3,(H,22,26)(H,23,24,27). The molecule has 0 bridgehead atoms. The molecule has 0 atom stereocenters. The van der Waals surface area contributed by atoms with Gasteiger partial charge in [-0.1, -0.05) is 50.6 Å². The maximum absolute atomic E-state index is 12.4. The number of hydrogen-bond acceptors (Lipinski definition) is 8. The van der Waals surface area contributed by atoms with Crippen LogP contribution in [0.5, 0.6) is 0 Å². The highest BCUT2D eigenvalue weighted by Gasteiger charge is 2.15. The van der Waals surface area contributed by atoms with Gasteiger partial charge in [0.05, 0.1) is 29.0 Å². The molecule has 0 aliphatic rings. The van der Waals surface area contributed by atoms with Gasteiger partial charge in [0.1, 0.15) is 0 Å². The van der Waals surface area contributed by atoms with Crippen LogP contribution in [0, 0.1) is 0 Å². The zero-order valence-electron chi connectivity index (χ0n) is 15.8. The first kappa shape index (κ1) is 23.2. The van der Waals surface area contributed by atoms with Crippen LogP contribution in [0.4, 0.5) is 10.8 Å². The van der Waals surface area contributed by atoms with Crippen molar-refractivity contribution in [2.24, 2.45) is 0 Å². The minimum absolute atomic E-state index is 0.0960. The molecule has 0 aliphatic heterocycles. The highest BCUT2D eigenvalue weighted by atomic mass is 79.9. The van der Waals surface area contributed by atoms with Crippen LogP contribution in [0.25, 0.3) is 0 Å². The summed E-state index contributed by atoms with van der Waals surface area (Å²) in [7, 11) is 1.30. The Hall–Kier alpha value is -2.47. The highest BCUT2D eigenvalue weighted by Crippen LogP contribution is 2.27. The number of carbonyl (C=O) groups excluding carboxylic acids is 3. The van der Waals surface area contributed by atoms with E-state index in [9.17, 15) is 14.4 Å². The Balaban J connectivity index is 1.51. The van der Waals surface area contributed by atoms with E-state index in [1.165, 1.54) is 18.9 Å². The summed E-state index contributed by atoms with van der Waals surface area (Å²) < 4.78 is 5.87. The summed E-state index contributed by atoms with van der Waals surface area (Å²) in [5.41, 5.74) is 1.25. The van der Waals surface area contributed by atoms with Gasteiger partial charge in [0, 0.05) is 10.2 Å². The topological polar surface area (TPSA) is 110 Å². The maximum atomic E-state index is 12.4. The number of halogens is 2. The molecule has 12 heteroatoms. The summed E-state index contributed by atoms with van der Waals surface area (Å²) >= 11 is 11.7. The summed E-state index contributed by atoms with van der Waals surface area (Å²) in [5.74, 6) is -1.02. The number of nitrogens with one attached hydrogen (secondary N) is 2. The van der Waals surface area contributed by atoms with Crippen molar-refractivity contribution in [3.8, 4) is 0 Å². The van der Waals surface area contributed by atoms with Crippen molar-refractivity contribution in [1.29, 1.82) is 0 Å². The van der Waals surface area contributed by atoms with Crippen molar-refractivity contribution < 1.29 is 19.1 Å². The summed E-state index contributed by atoms with van der Waals surface area (Å²) in [6.07, 6.45) is 0. The van der Waals surface area contributed by atoms with E-state index in [4.69, 9.17) is 11.6 Å². The smallest absolute Gasteiger partial charge is 0.337 e. The molecule has 1 heterocycles. The van der Waals surface area contributed by atoms with Gasteiger partial charge in [-0.15, -0.1) is 10.2 Å². The van der Waals surface area contributed by atoms with E-state index in [-0.39, 0.29) is 11.7 Å². The molecular weight excluding hydrogens is 528 g/mol. The van der Waals surface area contributed by atoms with Crippen LogP contribution in [-0.4, -0.2) is 40.8 Å². The van der Waals surface area contributed by atoms with Gasteiger partial charge in [-0.05, 0) is 42.5 Å². The fraction of sp³-hybridized carbons (Fsp3) is 0.105. The average Bonchev–Trinajstić information content (AvgIpc) is 3.21. The monoisotopic (exact) mass is 540 g/mol. The average molecular weight is 542 g/mol. The van der Waals surface area contributed by atoms with Crippen LogP contribution in [0.2, 0.25) is 5.02 Å². The van der Waals surface area contributed by atoms with Crippen molar-refractivity contribution in [2.75, 3.05) is 23.5 Å². The summed E-state index contributed by atoms with van der Waals surface area (Å²) in [6, 6.07) is 11.3. The zero-order chi connectivity index (χ0) is 22.4. The lowest BCUT2D eigenvalue weighted by Crippen LogP contribution is -2.14. The quantitative estimate of drug-likeness (QED) is 0.253. The molecule has 31 heavy (non-hydrogen) atoms. The molecule has 0 radical (unpaired) electrons. The molecule has 1 aromatic heterocycles. The molecule has 2 N–H and O–H groups in total. The number of ether oxygens (including phenoxy) is 1. The molecule has 160 valence electrons. The van der Waals surface area contributed by atoms with E-state index in [1.54, 1.807) is 42.5 Å². The molecule has 0 spiro atoms. The maximum Gasteiger partial charge on any atom is 0.337 e. The highest BCUT2D eigenvalue weighted by molar-refractivity contribution is 9.10. The number of carbonyl (C=O) groups is 3. The normalized spacial score (nSPS) is 10.4. The number of anilines is 2. The third-order valence-corrected chi connectivity index (χ3v) is 6.51. The fourth-order valence-corrected chi connectivity index (χ4v) is 4.40. The molecule has 0 saturated carbocycles. The number of hydrogen-bond donors (Lipinski definition) is 2. The molecular formula is C19H14BrClN4O4S2. The molecule has 0 unspecified atom stereocenters. The van der Waals surface area contributed by atoms with Gasteiger partial charge in [-0.3, -0.25) is 14.9 Å². The van der Waals surface area contributed by atoms with E-state index in [0.717, 1.165) is 15.8 Å². The minimum Gasteiger partial charge on any atom is -0.465 e. The van der Waals surface area contributed by atoms with E-state index in [1.807, 2.05) is 0 Å². The van der Waals surface area contributed by atoms with Crippen LogP contribution in [-0.2, 0) is 9.53 Å². The predicted octanol–water partition coefficient (Wildman–Crippen LogP) is 4.72. The molecule has 3 aromatic rings. The third kappa shape index (κ3) is 6.50. The Morgan fingerprint density at radius 1 is 1.13 bits per heavy atom. The predicted molar refractivity (Wildman–Crippen MR) is 124 cm³/mol. The van der Waals surface area contributed by atoms with E-state index < -0.39 is 11.9 Å². The second kappa shape index (κ2) is 10.7. The van der Waals surface area contributed by atoms with E-state index in [0.29, 0.717) is 31.3 Å². The number of nitrogens with zero attached hydrogens (tertiary/aromatic N) is 2. The lowest BCUT2D eigenvalue weighted by Gasteiger charge is -2.05. The number of aromatic nitrogens is 2. The van der Waals surface area contributed by atoms with Crippen LogP contribution < -0.4 is 10.6 Å². The molecule has 0 aliphatic carbocycles. The second-order valence-corrected chi connectivity index (χ2v) is 9.38. The fourth-order valence-electron chi connectivity index (χ4n) is 2.29. The molecule has 8 nitrogen and oxygen atoms in total. The Morgan fingerprint density at radius 3 is 2.58 bits per heavy atom. The van der Waals surface area contributed by atoms with E-state index >= 15 is 0 Å². The lowest BCUT2D eigenvalue weighted by atomic mass is 10.2. The van der Waals surface area contributed by atoms with Crippen molar-refractivity contribution in [3.05, 3.63) is 63.1 Å². The van der Waals surface area contributed by atoms with Gasteiger partial charge in [0.15, 0.2) is 4.34 Å². The molecule has 2 amide bonds. The largest absolute Gasteiger partial charge is 0.465 e. The number of thioether (sulfide) groups is 1. The molecule has 0 fully saturated rings. The summed E-state index contributed by atoms with van der Waals surface area (Å²) in [5, 5.41) is 13.9. The number of benzene rings is 2. The first-order valence-electron chi connectivity index (χ1n) is 8.56. The van der Waals surface area contributed by atoms with Crippen molar-refractivity contribution in [1.82, 2.24) is 10.2 Å². The van der Waals surface area contributed by atoms with Crippen LogP contribution >= 0.6 is 50.6 Å². The van der Waals surface area contributed by atoms with Gasteiger partial charge in [0.25, 0.3) is 5.91 Å². The van der Waals surface area contributed by atoms with Gasteiger partial charge in [0.2, 0.25) is 11.0 Å². The molecule has 2 aromatic carbocycles. The second-order valence-electron chi connectivity index (χ2n) is 5.86. The SMILES string of the molecule is COC(=O)c1ccc(NC(=O)CSc2nnc(NC(=O)c3cc(Br)ccc3Cl)s2)cc1.